The summed E-state index contributed by atoms with van der Waals surface area (Å²) in [5.41, 5.74) is 0.964. The van der Waals surface area contributed by atoms with Crippen LogP contribution in [-0.4, -0.2) is 35.5 Å². The second-order valence-electron chi connectivity index (χ2n) is 4.44. The number of halogens is 1. The molecule has 0 fully saturated rings. The van der Waals surface area contributed by atoms with Crippen molar-refractivity contribution in [3.63, 3.8) is 0 Å². The van der Waals surface area contributed by atoms with Gasteiger partial charge in [0.15, 0.2) is 0 Å². The van der Waals surface area contributed by atoms with E-state index in [0.29, 0.717) is 19.4 Å². The Hall–Kier alpha value is -1.91. The van der Waals surface area contributed by atoms with Crippen LogP contribution in [0.4, 0.5) is 4.39 Å². The number of carboxylic acids is 1. The molecule has 0 atom stereocenters. The molecule has 1 rings (SSSR count). The number of carbonyl (C=O) groups excluding carboxylic acids is 1. The zero-order valence-electron chi connectivity index (χ0n) is 10.9. The molecule has 104 valence electrons. The molecule has 5 heteroatoms. The maximum absolute atomic E-state index is 12.7. The van der Waals surface area contributed by atoms with Gasteiger partial charge in [0.05, 0.1) is 0 Å². The number of carboxylic acid groups (broad SMARTS) is 1. The average molecular weight is 267 g/mol. The van der Waals surface area contributed by atoms with Gasteiger partial charge >= 0.3 is 5.97 Å². The molecule has 0 radical (unpaired) electrons. The van der Waals surface area contributed by atoms with E-state index in [1.165, 1.54) is 12.1 Å². The SMILES string of the molecule is CN(CCc1ccc(F)cc1)C(=O)CCCC(=O)O. The van der Waals surface area contributed by atoms with E-state index in [9.17, 15) is 14.0 Å². The van der Waals surface area contributed by atoms with Gasteiger partial charge in [0.2, 0.25) is 5.91 Å². The van der Waals surface area contributed by atoms with Crippen molar-refractivity contribution in [2.24, 2.45) is 0 Å². The molecule has 0 aliphatic heterocycles. The van der Waals surface area contributed by atoms with Crippen molar-refractivity contribution in [2.75, 3.05) is 13.6 Å². The summed E-state index contributed by atoms with van der Waals surface area (Å²) in [4.78, 5) is 23.6. The van der Waals surface area contributed by atoms with Gasteiger partial charge in [-0.05, 0) is 30.5 Å². The summed E-state index contributed by atoms with van der Waals surface area (Å²) in [6, 6.07) is 6.17. The van der Waals surface area contributed by atoms with Crippen LogP contribution in [0.2, 0.25) is 0 Å². The Morgan fingerprint density at radius 3 is 2.42 bits per heavy atom. The molecular formula is C14H18FNO3. The highest BCUT2D eigenvalue weighted by Crippen LogP contribution is 2.05. The molecule has 0 saturated carbocycles. The van der Waals surface area contributed by atoms with Crippen molar-refractivity contribution in [3.05, 3.63) is 35.6 Å². The van der Waals surface area contributed by atoms with Crippen LogP contribution in [0.25, 0.3) is 0 Å². The molecule has 1 aromatic carbocycles. The highest BCUT2D eigenvalue weighted by atomic mass is 19.1. The average Bonchev–Trinajstić information content (AvgIpc) is 2.37. The highest BCUT2D eigenvalue weighted by Gasteiger charge is 2.09. The smallest absolute Gasteiger partial charge is 0.303 e. The van der Waals surface area contributed by atoms with Crippen molar-refractivity contribution in [1.82, 2.24) is 4.90 Å². The van der Waals surface area contributed by atoms with E-state index in [2.05, 4.69) is 0 Å². The number of rotatable bonds is 7. The van der Waals surface area contributed by atoms with Crippen LogP contribution in [0, 0.1) is 5.82 Å². The van der Waals surface area contributed by atoms with Crippen LogP contribution in [-0.2, 0) is 16.0 Å². The predicted octanol–water partition coefficient (Wildman–Crippen LogP) is 2.08. The molecule has 1 N–H and O–H groups in total. The van der Waals surface area contributed by atoms with E-state index in [4.69, 9.17) is 5.11 Å². The molecule has 0 aromatic heterocycles. The minimum Gasteiger partial charge on any atom is -0.481 e. The van der Waals surface area contributed by atoms with Crippen molar-refractivity contribution in [3.8, 4) is 0 Å². The Bertz CT molecular complexity index is 431. The summed E-state index contributed by atoms with van der Waals surface area (Å²) < 4.78 is 12.7. The molecule has 0 spiro atoms. The molecule has 0 unspecified atom stereocenters. The second-order valence-corrected chi connectivity index (χ2v) is 4.44. The molecule has 0 aliphatic rings. The Balaban J connectivity index is 2.30. The zero-order valence-corrected chi connectivity index (χ0v) is 10.9. The number of nitrogens with zero attached hydrogens (tertiary/aromatic N) is 1. The molecule has 0 heterocycles. The van der Waals surface area contributed by atoms with Gasteiger partial charge in [-0.3, -0.25) is 9.59 Å². The Labute approximate surface area is 111 Å². The third-order valence-electron chi connectivity index (χ3n) is 2.86. The summed E-state index contributed by atoms with van der Waals surface area (Å²) in [6.45, 7) is 0.539. The number of benzene rings is 1. The third kappa shape index (κ3) is 5.99. The van der Waals surface area contributed by atoms with Crippen LogP contribution >= 0.6 is 0 Å². The Morgan fingerprint density at radius 2 is 1.84 bits per heavy atom. The van der Waals surface area contributed by atoms with Crippen molar-refractivity contribution < 1.29 is 19.1 Å². The first-order valence-corrected chi connectivity index (χ1v) is 6.19. The summed E-state index contributed by atoms with van der Waals surface area (Å²) >= 11 is 0. The molecular weight excluding hydrogens is 249 g/mol. The maximum atomic E-state index is 12.7. The lowest BCUT2D eigenvalue weighted by molar-refractivity contribution is -0.137. The lowest BCUT2D eigenvalue weighted by Crippen LogP contribution is -2.28. The predicted molar refractivity (Wildman–Crippen MR) is 69.2 cm³/mol. The molecule has 0 bridgehead atoms. The number of hydrogen-bond acceptors (Lipinski definition) is 2. The van der Waals surface area contributed by atoms with Gasteiger partial charge in [-0.25, -0.2) is 4.39 Å². The quantitative estimate of drug-likeness (QED) is 0.823. The summed E-state index contributed by atoms with van der Waals surface area (Å²) in [6.07, 6.45) is 1.26. The van der Waals surface area contributed by atoms with Crippen LogP contribution < -0.4 is 0 Å². The number of aliphatic carboxylic acids is 1. The molecule has 1 amide bonds. The molecule has 0 saturated heterocycles. The van der Waals surface area contributed by atoms with Crippen molar-refractivity contribution in [2.45, 2.75) is 25.7 Å². The van der Waals surface area contributed by atoms with E-state index >= 15 is 0 Å². The minimum absolute atomic E-state index is 0.0115. The zero-order chi connectivity index (χ0) is 14.3. The van der Waals surface area contributed by atoms with Crippen molar-refractivity contribution in [1.29, 1.82) is 0 Å². The Kier molecular flexibility index (Phi) is 5.99. The highest BCUT2D eigenvalue weighted by molar-refractivity contribution is 5.76. The van der Waals surface area contributed by atoms with Crippen molar-refractivity contribution >= 4 is 11.9 Å². The third-order valence-corrected chi connectivity index (χ3v) is 2.86. The molecule has 0 aliphatic carbocycles. The fraction of sp³-hybridized carbons (Fsp3) is 0.429. The lowest BCUT2D eigenvalue weighted by Gasteiger charge is -2.16. The van der Waals surface area contributed by atoms with Gasteiger partial charge in [0, 0.05) is 26.4 Å². The van der Waals surface area contributed by atoms with Gasteiger partial charge in [-0.2, -0.15) is 0 Å². The van der Waals surface area contributed by atoms with Gasteiger partial charge < -0.3 is 10.0 Å². The second kappa shape index (κ2) is 7.51. The largest absolute Gasteiger partial charge is 0.481 e. The van der Waals surface area contributed by atoms with E-state index in [1.54, 1.807) is 24.1 Å². The first-order valence-electron chi connectivity index (χ1n) is 6.19. The number of carbonyl (C=O) groups is 2. The van der Waals surface area contributed by atoms with Gasteiger partial charge in [0.25, 0.3) is 0 Å². The summed E-state index contributed by atoms with van der Waals surface area (Å²) in [5, 5.41) is 8.48. The van der Waals surface area contributed by atoms with Crippen LogP contribution in [0.3, 0.4) is 0 Å². The van der Waals surface area contributed by atoms with E-state index < -0.39 is 5.97 Å². The lowest BCUT2D eigenvalue weighted by atomic mass is 10.1. The first kappa shape index (κ1) is 15.1. The van der Waals surface area contributed by atoms with Crippen LogP contribution in [0.1, 0.15) is 24.8 Å². The van der Waals surface area contributed by atoms with E-state index in [0.717, 1.165) is 5.56 Å². The van der Waals surface area contributed by atoms with Crippen LogP contribution in [0.5, 0.6) is 0 Å². The first-order chi connectivity index (χ1) is 8.99. The van der Waals surface area contributed by atoms with Gasteiger partial charge in [-0.1, -0.05) is 12.1 Å². The van der Waals surface area contributed by atoms with E-state index in [-0.39, 0.29) is 24.6 Å². The molecule has 4 nitrogen and oxygen atoms in total. The molecule has 1 aromatic rings. The maximum Gasteiger partial charge on any atom is 0.303 e. The Morgan fingerprint density at radius 1 is 1.21 bits per heavy atom. The fourth-order valence-corrected chi connectivity index (χ4v) is 1.65. The fourth-order valence-electron chi connectivity index (χ4n) is 1.65. The number of amides is 1. The van der Waals surface area contributed by atoms with Gasteiger partial charge in [0.1, 0.15) is 5.82 Å². The van der Waals surface area contributed by atoms with Gasteiger partial charge in [-0.15, -0.1) is 0 Å². The number of likely N-dealkylation sites (N-methyl/N-ethyl adjacent to an activating group) is 1. The van der Waals surface area contributed by atoms with Crippen LogP contribution in [0.15, 0.2) is 24.3 Å². The minimum atomic E-state index is -0.887. The summed E-state index contributed by atoms with van der Waals surface area (Å²) in [7, 11) is 1.69. The topological polar surface area (TPSA) is 57.6 Å². The molecule has 19 heavy (non-hydrogen) atoms. The number of hydrogen-bond donors (Lipinski definition) is 1. The van der Waals surface area contributed by atoms with E-state index in [1.807, 2.05) is 0 Å². The normalized spacial score (nSPS) is 10.2. The standard InChI is InChI=1S/C14H18FNO3/c1-16(13(17)3-2-4-14(18)19)10-9-11-5-7-12(15)8-6-11/h5-8H,2-4,9-10H2,1H3,(H,18,19). The summed E-state index contributed by atoms with van der Waals surface area (Å²) in [5.74, 6) is -1.23. The monoisotopic (exact) mass is 267 g/mol.